The van der Waals surface area contributed by atoms with Crippen molar-refractivity contribution < 1.29 is 9.47 Å². The number of methoxy groups -OCH3 is 2. The average molecular weight is 287 g/mol. The number of anilines is 1. The molecule has 0 aliphatic rings. The molecule has 0 aliphatic heterocycles. The van der Waals surface area contributed by atoms with Crippen LogP contribution in [0.25, 0.3) is 11.4 Å². The first kappa shape index (κ1) is 15.1. The van der Waals surface area contributed by atoms with E-state index < -0.39 is 0 Å². The van der Waals surface area contributed by atoms with Crippen LogP contribution in [0.3, 0.4) is 0 Å². The van der Waals surface area contributed by atoms with Gasteiger partial charge in [0.1, 0.15) is 5.82 Å². The molecule has 0 spiro atoms. The first-order valence-electron chi connectivity index (χ1n) is 6.92. The van der Waals surface area contributed by atoms with Gasteiger partial charge in [-0.15, -0.1) is 0 Å². The fourth-order valence-electron chi connectivity index (χ4n) is 2.15. The zero-order valence-corrected chi connectivity index (χ0v) is 13.2. The standard InChI is InChI=1S/C16H21N3O2/c1-6-17-15-10(2)11(3)18-16(19-15)12-8-7-9-13(20-4)14(12)21-5/h7-9H,6H2,1-5H3,(H,17,18,19). The molecule has 2 aromatic rings. The van der Waals surface area contributed by atoms with Crippen molar-refractivity contribution in [2.45, 2.75) is 20.8 Å². The van der Waals surface area contributed by atoms with Crippen molar-refractivity contribution in [3.05, 3.63) is 29.5 Å². The number of hydrogen-bond acceptors (Lipinski definition) is 5. The Balaban J connectivity index is 2.62. The summed E-state index contributed by atoms with van der Waals surface area (Å²) < 4.78 is 10.8. The van der Waals surface area contributed by atoms with Gasteiger partial charge in [-0.05, 0) is 32.9 Å². The van der Waals surface area contributed by atoms with Crippen LogP contribution in [0.2, 0.25) is 0 Å². The molecule has 0 aliphatic carbocycles. The Kier molecular flexibility index (Phi) is 4.62. The Labute approximate surface area is 125 Å². The molecule has 0 unspecified atom stereocenters. The lowest BCUT2D eigenvalue weighted by molar-refractivity contribution is 0.356. The molecule has 21 heavy (non-hydrogen) atoms. The van der Waals surface area contributed by atoms with Crippen molar-refractivity contribution in [1.82, 2.24) is 9.97 Å². The molecule has 5 heteroatoms. The van der Waals surface area contributed by atoms with Gasteiger partial charge in [-0.1, -0.05) is 6.07 Å². The van der Waals surface area contributed by atoms with Crippen LogP contribution in [0, 0.1) is 13.8 Å². The molecule has 0 radical (unpaired) electrons. The van der Waals surface area contributed by atoms with E-state index >= 15 is 0 Å². The molecule has 0 atom stereocenters. The van der Waals surface area contributed by atoms with Crippen LogP contribution in [0.1, 0.15) is 18.2 Å². The number of para-hydroxylation sites is 1. The maximum Gasteiger partial charge on any atom is 0.171 e. The normalized spacial score (nSPS) is 10.3. The Morgan fingerprint density at radius 2 is 1.86 bits per heavy atom. The first-order chi connectivity index (χ1) is 10.1. The monoisotopic (exact) mass is 287 g/mol. The van der Waals surface area contributed by atoms with Gasteiger partial charge in [0.15, 0.2) is 17.3 Å². The van der Waals surface area contributed by atoms with Crippen LogP contribution in [0.5, 0.6) is 11.5 Å². The van der Waals surface area contributed by atoms with E-state index in [4.69, 9.17) is 9.47 Å². The van der Waals surface area contributed by atoms with Crippen LogP contribution >= 0.6 is 0 Å². The molecule has 0 saturated heterocycles. The maximum absolute atomic E-state index is 5.47. The summed E-state index contributed by atoms with van der Waals surface area (Å²) in [7, 11) is 3.24. The molecule has 112 valence electrons. The summed E-state index contributed by atoms with van der Waals surface area (Å²) in [4.78, 5) is 9.20. The van der Waals surface area contributed by atoms with Crippen molar-refractivity contribution in [3.8, 4) is 22.9 Å². The van der Waals surface area contributed by atoms with E-state index in [0.29, 0.717) is 17.3 Å². The maximum atomic E-state index is 5.47. The number of aryl methyl sites for hydroxylation is 1. The second-order valence-electron chi connectivity index (χ2n) is 4.68. The highest BCUT2D eigenvalue weighted by Gasteiger charge is 2.16. The molecule has 5 nitrogen and oxygen atoms in total. The Hall–Kier alpha value is -2.30. The van der Waals surface area contributed by atoms with E-state index in [1.807, 2.05) is 39.0 Å². The zero-order chi connectivity index (χ0) is 15.4. The number of hydrogen-bond donors (Lipinski definition) is 1. The fourth-order valence-corrected chi connectivity index (χ4v) is 2.15. The third kappa shape index (κ3) is 2.91. The molecule has 0 fully saturated rings. The van der Waals surface area contributed by atoms with Gasteiger partial charge in [-0.3, -0.25) is 0 Å². The highest BCUT2D eigenvalue weighted by atomic mass is 16.5. The summed E-state index contributed by atoms with van der Waals surface area (Å²) in [5.74, 6) is 2.79. The van der Waals surface area contributed by atoms with Crippen molar-refractivity contribution in [2.24, 2.45) is 0 Å². The average Bonchev–Trinajstić information content (AvgIpc) is 2.50. The van der Waals surface area contributed by atoms with Crippen molar-refractivity contribution >= 4 is 5.82 Å². The second-order valence-corrected chi connectivity index (χ2v) is 4.68. The summed E-state index contributed by atoms with van der Waals surface area (Å²) in [6, 6.07) is 5.69. The molecule has 1 heterocycles. The fraction of sp³-hybridized carbons (Fsp3) is 0.375. The van der Waals surface area contributed by atoms with E-state index in [-0.39, 0.29) is 0 Å². The van der Waals surface area contributed by atoms with Gasteiger partial charge in [0.25, 0.3) is 0 Å². The predicted molar refractivity (Wildman–Crippen MR) is 84.2 cm³/mol. The molecule has 1 aromatic carbocycles. The summed E-state index contributed by atoms with van der Waals surface area (Å²) >= 11 is 0. The molecule has 0 amide bonds. The van der Waals surface area contributed by atoms with E-state index in [2.05, 4.69) is 15.3 Å². The van der Waals surface area contributed by atoms with Gasteiger partial charge < -0.3 is 14.8 Å². The lowest BCUT2D eigenvalue weighted by atomic mass is 10.1. The second kappa shape index (κ2) is 6.43. The summed E-state index contributed by atoms with van der Waals surface area (Å²) in [5.41, 5.74) is 2.82. The van der Waals surface area contributed by atoms with E-state index in [1.54, 1.807) is 14.2 Å². The van der Waals surface area contributed by atoms with Gasteiger partial charge >= 0.3 is 0 Å². The number of rotatable bonds is 5. The van der Waals surface area contributed by atoms with Gasteiger partial charge in [-0.25, -0.2) is 9.97 Å². The number of ether oxygens (including phenoxy) is 2. The lowest BCUT2D eigenvalue weighted by Gasteiger charge is -2.14. The number of benzene rings is 1. The number of aromatic nitrogens is 2. The molecule has 2 rings (SSSR count). The number of nitrogens with one attached hydrogen (secondary N) is 1. The Morgan fingerprint density at radius 3 is 2.48 bits per heavy atom. The van der Waals surface area contributed by atoms with Gasteiger partial charge in [0, 0.05) is 17.8 Å². The van der Waals surface area contributed by atoms with Crippen LogP contribution in [-0.4, -0.2) is 30.7 Å². The predicted octanol–water partition coefficient (Wildman–Crippen LogP) is 3.21. The highest BCUT2D eigenvalue weighted by Crippen LogP contribution is 2.37. The minimum atomic E-state index is 0.629. The third-order valence-corrected chi connectivity index (χ3v) is 3.38. The van der Waals surface area contributed by atoms with Crippen LogP contribution < -0.4 is 14.8 Å². The largest absolute Gasteiger partial charge is 0.493 e. The van der Waals surface area contributed by atoms with Crippen LogP contribution in [0.15, 0.2) is 18.2 Å². The molecular formula is C16H21N3O2. The zero-order valence-electron chi connectivity index (χ0n) is 13.2. The molecular weight excluding hydrogens is 266 g/mol. The highest BCUT2D eigenvalue weighted by molar-refractivity contribution is 5.70. The topological polar surface area (TPSA) is 56.3 Å². The molecule has 1 aromatic heterocycles. The van der Waals surface area contributed by atoms with Crippen LogP contribution in [-0.2, 0) is 0 Å². The van der Waals surface area contributed by atoms with Crippen molar-refractivity contribution in [1.29, 1.82) is 0 Å². The SMILES string of the molecule is CCNc1nc(-c2cccc(OC)c2OC)nc(C)c1C. The van der Waals surface area contributed by atoms with Crippen molar-refractivity contribution in [3.63, 3.8) is 0 Å². The van der Waals surface area contributed by atoms with Crippen LogP contribution in [0.4, 0.5) is 5.82 Å². The minimum absolute atomic E-state index is 0.629. The third-order valence-electron chi connectivity index (χ3n) is 3.38. The summed E-state index contributed by atoms with van der Waals surface area (Å²) in [6.45, 7) is 6.85. The first-order valence-corrected chi connectivity index (χ1v) is 6.92. The smallest absolute Gasteiger partial charge is 0.171 e. The number of nitrogens with zero attached hydrogens (tertiary/aromatic N) is 2. The minimum Gasteiger partial charge on any atom is -0.493 e. The van der Waals surface area contributed by atoms with Gasteiger partial charge in [-0.2, -0.15) is 0 Å². The summed E-state index contributed by atoms with van der Waals surface area (Å²) in [6.07, 6.45) is 0. The van der Waals surface area contributed by atoms with E-state index in [9.17, 15) is 0 Å². The van der Waals surface area contributed by atoms with Gasteiger partial charge in [0.05, 0.1) is 19.8 Å². The lowest BCUT2D eigenvalue weighted by Crippen LogP contribution is -2.06. The molecule has 1 N–H and O–H groups in total. The summed E-state index contributed by atoms with van der Waals surface area (Å²) in [5, 5.41) is 3.27. The Morgan fingerprint density at radius 1 is 1.10 bits per heavy atom. The molecule has 0 bridgehead atoms. The van der Waals surface area contributed by atoms with Crippen molar-refractivity contribution in [2.75, 3.05) is 26.1 Å². The molecule has 0 saturated carbocycles. The Bertz CT molecular complexity index is 642. The van der Waals surface area contributed by atoms with E-state index in [0.717, 1.165) is 29.2 Å². The van der Waals surface area contributed by atoms with Gasteiger partial charge in [0.2, 0.25) is 0 Å². The van der Waals surface area contributed by atoms with E-state index in [1.165, 1.54) is 0 Å². The quantitative estimate of drug-likeness (QED) is 0.915.